The highest BCUT2D eigenvalue weighted by molar-refractivity contribution is 4.96. The summed E-state index contributed by atoms with van der Waals surface area (Å²) in [4.78, 5) is 0. The second-order valence-electron chi connectivity index (χ2n) is 2.95. The topological polar surface area (TPSA) is 12.0 Å². The SMILES string of the molecule is C#CC(C)NC(CC)CCC. The molecule has 0 fully saturated rings. The lowest BCUT2D eigenvalue weighted by molar-refractivity contribution is 0.448. The first-order chi connectivity index (χ1) is 5.24. The van der Waals surface area contributed by atoms with E-state index in [1.54, 1.807) is 0 Å². The summed E-state index contributed by atoms with van der Waals surface area (Å²) >= 11 is 0. The van der Waals surface area contributed by atoms with Gasteiger partial charge in [0.15, 0.2) is 0 Å². The van der Waals surface area contributed by atoms with Crippen LogP contribution >= 0.6 is 0 Å². The summed E-state index contributed by atoms with van der Waals surface area (Å²) < 4.78 is 0. The third-order valence-corrected chi connectivity index (χ3v) is 1.87. The fraction of sp³-hybridized carbons (Fsp3) is 0.800. The van der Waals surface area contributed by atoms with Crippen molar-refractivity contribution in [3.05, 3.63) is 0 Å². The molecular weight excluding hydrogens is 134 g/mol. The molecule has 0 aliphatic rings. The number of hydrogen-bond donors (Lipinski definition) is 1. The van der Waals surface area contributed by atoms with Gasteiger partial charge in [-0.2, -0.15) is 0 Å². The van der Waals surface area contributed by atoms with Gasteiger partial charge in [-0.05, 0) is 19.8 Å². The van der Waals surface area contributed by atoms with Crippen molar-refractivity contribution in [3.8, 4) is 12.3 Å². The Balaban J connectivity index is 3.60. The minimum atomic E-state index is 0.214. The molecule has 2 atom stereocenters. The van der Waals surface area contributed by atoms with Gasteiger partial charge in [0.05, 0.1) is 6.04 Å². The van der Waals surface area contributed by atoms with Crippen molar-refractivity contribution in [3.63, 3.8) is 0 Å². The van der Waals surface area contributed by atoms with Crippen molar-refractivity contribution in [2.45, 2.75) is 52.1 Å². The first-order valence-electron chi connectivity index (χ1n) is 4.46. The molecule has 0 spiro atoms. The Morgan fingerprint density at radius 2 is 2.09 bits per heavy atom. The van der Waals surface area contributed by atoms with E-state index >= 15 is 0 Å². The quantitative estimate of drug-likeness (QED) is 0.597. The van der Waals surface area contributed by atoms with Crippen molar-refractivity contribution in [2.24, 2.45) is 0 Å². The molecule has 2 unspecified atom stereocenters. The van der Waals surface area contributed by atoms with Crippen LogP contribution in [0.5, 0.6) is 0 Å². The minimum Gasteiger partial charge on any atom is -0.301 e. The predicted molar refractivity (Wildman–Crippen MR) is 50.4 cm³/mol. The summed E-state index contributed by atoms with van der Waals surface area (Å²) in [5, 5.41) is 3.38. The van der Waals surface area contributed by atoms with E-state index in [-0.39, 0.29) is 6.04 Å². The molecule has 0 rings (SSSR count). The predicted octanol–water partition coefficient (Wildman–Crippen LogP) is 2.18. The van der Waals surface area contributed by atoms with Gasteiger partial charge in [-0.25, -0.2) is 0 Å². The van der Waals surface area contributed by atoms with Crippen LogP contribution in [0.2, 0.25) is 0 Å². The third kappa shape index (κ3) is 4.86. The van der Waals surface area contributed by atoms with Crippen LogP contribution in [0, 0.1) is 12.3 Å². The molecule has 0 saturated heterocycles. The van der Waals surface area contributed by atoms with Crippen LogP contribution in [-0.4, -0.2) is 12.1 Å². The molecule has 0 aliphatic heterocycles. The molecule has 1 nitrogen and oxygen atoms in total. The lowest BCUT2D eigenvalue weighted by Crippen LogP contribution is -2.34. The van der Waals surface area contributed by atoms with Crippen LogP contribution in [0.3, 0.4) is 0 Å². The molecule has 0 aromatic heterocycles. The van der Waals surface area contributed by atoms with Crippen LogP contribution in [0.1, 0.15) is 40.0 Å². The molecule has 11 heavy (non-hydrogen) atoms. The number of terminal acetylenes is 1. The van der Waals surface area contributed by atoms with Crippen LogP contribution in [0.15, 0.2) is 0 Å². The van der Waals surface area contributed by atoms with E-state index in [0.717, 1.165) is 0 Å². The first-order valence-corrected chi connectivity index (χ1v) is 4.46. The van der Waals surface area contributed by atoms with Crippen LogP contribution < -0.4 is 5.32 Å². The summed E-state index contributed by atoms with van der Waals surface area (Å²) in [6.45, 7) is 6.42. The molecule has 0 amide bonds. The summed E-state index contributed by atoms with van der Waals surface area (Å²) in [6, 6.07) is 0.817. The zero-order valence-electron chi connectivity index (χ0n) is 7.85. The van der Waals surface area contributed by atoms with Gasteiger partial charge in [-0.15, -0.1) is 6.42 Å². The van der Waals surface area contributed by atoms with Crippen molar-refractivity contribution >= 4 is 0 Å². The van der Waals surface area contributed by atoms with E-state index in [2.05, 4.69) is 25.1 Å². The molecule has 64 valence electrons. The molecule has 0 aliphatic carbocycles. The number of rotatable bonds is 5. The van der Waals surface area contributed by atoms with Crippen molar-refractivity contribution in [2.75, 3.05) is 0 Å². The molecular formula is C10H19N. The second kappa shape index (κ2) is 6.24. The van der Waals surface area contributed by atoms with Gasteiger partial charge in [-0.3, -0.25) is 0 Å². The summed E-state index contributed by atoms with van der Waals surface area (Å²) in [5.74, 6) is 2.68. The maximum atomic E-state index is 5.26. The zero-order chi connectivity index (χ0) is 8.69. The average Bonchev–Trinajstić information content (AvgIpc) is 2.03. The summed E-state index contributed by atoms with van der Waals surface area (Å²) in [5.41, 5.74) is 0. The van der Waals surface area contributed by atoms with Gasteiger partial charge in [-0.1, -0.05) is 26.2 Å². The fourth-order valence-corrected chi connectivity index (χ4v) is 1.16. The van der Waals surface area contributed by atoms with Crippen LogP contribution in [0.4, 0.5) is 0 Å². The van der Waals surface area contributed by atoms with E-state index < -0.39 is 0 Å². The Morgan fingerprint density at radius 3 is 2.45 bits per heavy atom. The Bertz CT molecular complexity index is 123. The standard InChI is InChI=1S/C10H19N/c1-5-8-10(7-3)11-9(4)6-2/h2,9-11H,5,7-8H2,1,3-4H3. The van der Waals surface area contributed by atoms with Crippen LogP contribution in [0.25, 0.3) is 0 Å². The Hall–Kier alpha value is -0.480. The molecule has 0 saturated carbocycles. The minimum absolute atomic E-state index is 0.214. The van der Waals surface area contributed by atoms with E-state index in [9.17, 15) is 0 Å². The van der Waals surface area contributed by atoms with E-state index in [4.69, 9.17) is 6.42 Å². The van der Waals surface area contributed by atoms with E-state index in [0.29, 0.717) is 6.04 Å². The van der Waals surface area contributed by atoms with Gasteiger partial charge in [0.1, 0.15) is 0 Å². The highest BCUT2D eigenvalue weighted by Crippen LogP contribution is 2.01. The van der Waals surface area contributed by atoms with Crippen molar-refractivity contribution in [1.29, 1.82) is 0 Å². The van der Waals surface area contributed by atoms with Crippen LogP contribution in [-0.2, 0) is 0 Å². The highest BCUT2D eigenvalue weighted by atomic mass is 14.9. The van der Waals surface area contributed by atoms with Gasteiger partial charge >= 0.3 is 0 Å². The summed E-state index contributed by atoms with van der Waals surface area (Å²) in [7, 11) is 0. The van der Waals surface area contributed by atoms with Gasteiger partial charge in [0, 0.05) is 6.04 Å². The van der Waals surface area contributed by atoms with Gasteiger partial charge in [0.25, 0.3) is 0 Å². The maximum Gasteiger partial charge on any atom is 0.0660 e. The van der Waals surface area contributed by atoms with Crippen molar-refractivity contribution in [1.82, 2.24) is 5.32 Å². The lowest BCUT2D eigenvalue weighted by Gasteiger charge is -2.17. The van der Waals surface area contributed by atoms with Gasteiger partial charge < -0.3 is 5.32 Å². The normalized spacial score (nSPS) is 15.5. The second-order valence-corrected chi connectivity index (χ2v) is 2.95. The number of hydrogen-bond acceptors (Lipinski definition) is 1. The summed E-state index contributed by atoms with van der Waals surface area (Å²) in [6.07, 6.45) is 8.87. The highest BCUT2D eigenvalue weighted by Gasteiger charge is 2.05. The lowest BCUT2D eigenvalue weighted by atomic mass is 10.1. The average molecular weight is 153 g/mol. The van der Waals surface area contributed by atoms with Crippen molar-refractivity contribution < 1.29 is 0 Å². The maximum absolute atomic E-state index is 5.26. The Labute approximate surface area is 70.6 Å². The third-order valence-electron chi connectivity index (χ3n) is 1.87. The smallest absolute Gasteiger partial charge is 0.0660 e. The largest absolute Gasteiger partial charge is 0.301 e. The van der Waals surface area contributed by atoms with E-state index in [1.807, 2.05) is 6.92 Å². The Morgan fingerprint density at radius 1 is 1.45 bits per heavy atom. The first kappa shape index (κ1) is 10.5. The molecule has 1 heteroatoms. The molecule has 0 aromatic rings. The Kier molecular flexibility index (Phi) is 5.97. The monoisotopic (exact) mass is 153 g/mol. The molecule has 1 N–H and O–H groups in total. The molecule has 0 aromatic carbocycles. The molecule has 0 radical (unpaired) electrons. The van der Waals surface area contributed by atoms with Gasteiger partial charge in [0.2, 0.25) is 0 Å². The number of nitrogens with one attached hydrogen (secondary N) is 1. The molecule has 0 bridgehead atoms. The van der Waals surface area contributed by atoms with E-state index in [1.165, 1.54) is 19.3 Å². The zero-order valence-corrected chi connectivity index (χ0v) is 7.85. The molecule has 0 heterocycles. The fourth-order valence-electron chi connectivity index (χ4n) is 1.16.